The van der Waals surface area contributed by atoms with Gasteiger partial charge in [0.1, 0.15) is 11.7 Å². The second kappa shape index (κ2) is 6.09. The summed E-state index contributed by atoms with van der Waals surface area (Å²) in [5.74, 6) is 0. The Hall–Kier alpha value is -2.50. The molecule has 0 spiro atoms. The zero-order chi connectivity index (χ0) is 15.4. The van der Waals surface area contributed by atoms with E-state index in [1.807, 2.05) is 36.4 Å². The van der Waals surface area contributed by atoms with Crippen LogP contribution in [0, 0.1) is 0 Å². The molecule has 0 radical (unpaired) electrons. The van der Waals surface area contributed by atoms with Crippen LogP contribution >= 0.6 is 0 Å². The molecular weight excluding hydrogens is 278 g/mol. The van der Waals surface area contributed by atoms with Gasteiger partial charge in [0.15, 0.2) is 0 Å². The zero-order valence-corrected chi connectivity index (χ0v) is 11.9. The van der Waals surface area contributed by atoms with Gasteiger partial charge in [0.2, 0.25) is 0 Å². The summed E-state index contributed by atoms with van der Waals surface area (Å²) in [5, 5.41) is 29.7. The Balaban J connectivity index is 2.02. The van der Waals surface area contributed by atoms with E-state index < -0.39 is 11.7 Å². The van der Waals surface area contributed by atoms with E-state index in [4.69, 9.17) is 0 Å². The molecule has 0 aliphatic rings. The predicted octanol–water partition coefficient (Wildman–Crippen LogP) is 1.90. The minimum Gasteiger partial charge on any atom is -0.385 e. The van der Waals surface area contributed by atoms with Crippen LogP contribution in [0.5, 0.6) is 0 Å². The van der Waals surface area contributed by atoms with Crippen LogP contribution in [-0.2, 0) is 12.1 Å². The Bertz CT molecular complexity index is 701. The van der Waals surface area contributed by atoms with Crippen molar-refractivity contribution >= 4 is 0 Å². The van der Waals surface area contributed by atoms with E-state index in [0.717, 1.165) is 0 Å². The molecule has 3 rings (SSSR count). The first-order valence-corrected chi connectivity index (χ1v) is 7.05. The van der Waals surface area contributed by atoms with Crippen molar-refractivity contribution in [1.29, 1.82) is 0 Å². The third kappa shape index (κ3) is 2.77. The average Bonchev–Trinajstić information content (AvgIpc) is 3.08. The fourth-order valence-electron chi connectivity index (χ4n) is 2.54. The van der Waals surface area contributed by atoms with E-state index in [-0.39, 0.29) is 6.54 Å². The Morgan fingerprint density at radius 2 is 1.64 bits per heavy atom. The highest BCUT2D eigenvalue weighted by molar-refractivity contribution is 5.29. The van der Waals surface area contributed by atoms with Gasteiger partial charge in [-0.3, -0.25) is 0 Å². The van der Waals surface area contributed by atoms with Gasteiger partial charge in [0, 0.05) is 6.20 Å². The smallest absolute Gasteiger partial charge is 0.139 e. The maximum atomic E-state index is 11.2. The topological polar surface area (TPSA) is 71.2 Å². The van der Waals surface area contributed by atoms with Crippen LogP contribution in [0.1, 0.15) is 17.2 Å². The molecule has 0 aliphatic heterocycles. The number of aromatic nitrogens is 3. The fraction of sp³-hybridized carbons (Fsp3) is 0.176. The molecule has 3 aromatic rings. The van der Waals surface area contributed by atoms with Gasteiger partial charge in [-0.1, -0.05) is 65.9 Å². The zero-order valence-electron chi connectivity index (χ0n) is 11.9. The minimum absolute atomic E-state index is 0.104. The van der Waals surface area contributed by atoms with Crippen LogP contribution < -0.4 is 0 Å². The predicted molar refractivity (Wildman–Crippen MR) is 81.8 cm³/mol. The molecule has 22 heavy (non-hydrogen) atoms. The van der Waals surface area contributed by atoms with Crippen LogP contribution in [0.3, 0.4) is 0 Å². The van der Waals surface area contributed by atoms with Gasteiger partial charge in [0.05, 0.1) is 12.7 Å². The molecule has 0 aliphatic carbocycles. The van der Waals surface area contributed by atoms with Gasteiger partial charge in [-0.25, -0.2) is 4.68 Å². The van der Waals surface area contributed by atoms with Gasteiger partial charge < -0.3 is 10.2 Å². The van der Waals surface area contributed by atoms with Crippen LogP contribution in [0.25, 0.3) is 0 Å². The molecule has 0 saturated carbocycles. The third-order valence-corrected chi connectivity index (χ3v) is 3.72. The molecular formula is C17H17N3O2. The number of nitrogens with zero attached hydrogens (tertiary/aromatic N) is 3. The molecule has 0 fully saturated rings. The number of aliphatic hydroxyl groups excluding tert-OH is 1. The van der Waals surface area contributed by atoms with Crippen molar-refractivity contribution in [3.8, 4) is 0 Å². The van der Waals surface area contributed by atoms with Gasteiger partial charge in [-0.2, -0.15) is 0 Å². The molecule has 1 aromatic heterocycles. The van der Waals surface area contributed by atoms with Gasteiger partial charge >= 0.3 is 0 Å². The van der Waals surface area contributed by atoms with E-state index >= 15 is 0 Å². The van der Waals surface area contributed by atoms with E-state index in [1.54, 1.807) is 36.7 Å². The molecule has 0 amide bonds. The number of aliphatic hydroxyl groups is 2. The fourth-order valence-corrected chi connectivity index (χ4v) is 2.54. The molecule has 112 valence electrons. The second-order valence-corrected chi connectivity index (χ2v) is 5.20. The quantitative estimate of drug-likeness (QED) is 0.754. The van der Waals surface area contributed by atoms with Crippen molar-refractivity contribution in [1.82, 2.24) is 15.0 Å². The number of hydrogen-bond acceptors (Lipinski definition) is 4. The SMILES string of the molecule is OC(c1ccccc1)C(O)(Cn1ccnn1)c1ccccc1. The second-order valence-electron chi connectivity index (χ2n) is 5.20. The summed E-state index contributed by atoms with van der Waals surface area (Å²) in [6.07, 6.45) is 2.12. The Labute approximate surface area is 128 Å². The summed E-state index contributed by atoms with van der Waals surface area (Å²) >= 11 is 0. The molecule has 2 N–H and O–H groups in total. The Kier molecular flexibility index (Phi) is 4.00. The van der Waals surface area contributed by atoms with Crippen LogP contribution in [0.4, 0.5) is 0 Å². The highest BCUT2D eigenvalue weighted by atomic mass is 16.3. The van der Waals surface area contributed by atoms with Crippen molar-refractivity contribution in [3.63, 3.8) is 0 Å². The van der Waals surface area contributed by atoms with Gasteiger partial charge in [0.25, 0.3) is 0 Å². The maximum Gasteiger partial charge on any atom is 0.139 e. The lowest BCUT2D eigenvalue weighted by atomic mass is 9.84. The number of benzene rings is 2. The largest absolute Gasteiger partial charge is 0.385 e. The van der Waals surface area contributed by atoms with E-state index in [0.29, 0.717) is 11.1 Å². The van der Waals surface area contributed by atoms with Crippen molar-refractivity contribution in [3.05, 3.63) is 84.2 Å². The molecule has 0 bridgehead atoms. The Morgan fingerprint density at radius 3 is 2.23 bits per heavy atom. The molecule has 5 heteroatoms. The standard InChI is InChI=1S/C17H17N3O2/c21-16(14-7-3-1-4-8-14)17(22,13-20-12-11-18-19-20)15-9-5-2-6-10-15/h1-12,16,21-22H,13H2. The average molecular weight is 295 g/mol. The minimum atomic E-state index is -1.50. The lowest BCUT2D eigenvalue weighted by Crippen LogP contribution is -2.38. The van der Waals surface area contributed by atoms with Gasteiger partial charge in [-0.05, 0) is 11.1 Å². The highest BCUT2D eigenvalue weighted by Crippen LogP contribution is 2.36. The number of hydrogen-bond donors (Lipinski definition) is 2. The summed E-state index contributed by atoms with van der Waals surface area (Å²) < 4.78 is 1.51. The van der Waals surface area contributed by atoms with Crippen molar-refractivity contribution in [2.75, 3.05) is 0 Å². The van der Waals surface area contributed by atoms with Crippen molar-refractivity contribution < 1.29 is 10.2 Å². The normalized spacial score (nSPS) is 15.2. The van der Waals surface area contributed by atoms with Crippen LogP contribution in [0.2, 0.25) is 0 Å². The van der Waals surface area contributed by atoms with Crippen molar-refractivity contribution in [2.45, 2.75) is 18.2 Å². The Morgan fingerprint density at radius 1 is 1.00 bits per heavy atom. The monoisotopic (exact) mass is 295 g/mol. The maximum absolute atomic E-state index is 11.2. The summed E-state index contributed by atoms with van der Waals surface area (Å²) in [4.78, 5) is 0. The van der Waals surface area contributed by atoms with Crippen LogP contribution in [-0.4, -0.2) is 25.2 Å². The van der Waals surface area contributed by atoms with Crippen molar-refractivity contribution in [2.24, 2.45) is 0 Å². The summed E-state index contributed by atoms with van der Waals surface area (Å²) in [5.41, 5.74) is -0.230. The lowest BCUT2D eigenvalue weighted by molar-refractivity contribution is -0.0967. The highest BCUT2D eigenvalue weighted by Gasteiger charge is 2.39. The molecule has 1 heterocycles. The molecule has 2 aromatic carbocycles. The lowest BCUT2D eigenvalue weighted by Gasteiger charge is -2.33. The summed E-state index contributed by atoms with van der Waals surface area (Å²) in [6, 6.07) is 18.2. The summed E-state index contributed by atoms with van der Waals surface area (Å²) in [7, 11) is 0. The van der Waals surface area contributed by atoms with Crippen LogP contribution in [0.15, 0.2) is 73.1 Å². The first-order chi connectivity index (χ1) is 10.7. The van der Waals surface area contributed by atoms with E-state index in [1.165, 1.54) is 4.68 Å². The molecule has 2 atom stereocenters. The molecule has 0 saturated heterocycles. The van der Waals surface area contributed by atoms with Gasteiger partial charge in [-0.15, -0.1) is 5.10 Å². The van der Waals surface area contributed by atoms with E-state index in [2.05, 4.69) is 10.3 Å². The third-order valence-electron chi connectivity index (χ3n) is 3.72. The first-order valence-electron chi connectivity index (χ1n) is 7.05. The van der Waals surface area contributed by atoms with E-state index in [9.17, 15) is 10.2 Å². The molecule has 2 unspecified atom stereocenters. The summed E-state index contributed by atoms with van der Waals surface area (Å²) in [6.45, 7) is 0.104. The first kappa shape index (κ1) is 14.4. The number of rotatable bonds is 5. The molecule has 5 nitrogen and oxygen atoms in total.